The Morgan fingerprint density at radius 3 is 2.84 bits per heavy atom. The number of aryl methyl sites for hydroxylation is 2. The van der Waals surface area contributed by atoms with Crippen molar-refractivity contribution in [1.29, 1.82) is 0 Å². The molecule has 4 heteroatoms. The van der Waals surface area contributed by atoms with E-state index in [-0.39, 0.29) is 11.4 Å². The van der Waals surface area contributed by atoms with E-state index in [9.17, 15) is 9.90 Å². The molecule has 0 spiro atoms. The van der Waals surface area contributed by atoms with Crippen molar-refractivity contribution in [3.63, 3.8) is 0 Å². The molecule has 2 aromatic rings. The summed E-state index contributed by atoms with van der Waals surface area (Å²) in [5, 5.41) is 9.21. The number of pyridine rings is 1. The van der Waals surface area contributed by atoms with Crippen molar-refractivity contribution in [2.24, 2.45) is 0 Å². The normalized spacial score (nSPS) is 10.2. The molecule has 0 amide bonds. The molecule has 0 atom stereocenters. The lowest BCUT2D eigenvalue weighted by atomic mass is 10.1. The maximum atomic E-state index is 11.2. The van der Waals surface area contributed by atoms with Crippen LogP contribution in [0.3, 0.4) is 0 Å². The smallest absolute Gasteiger partial charge is 0.341 e. The highest BCUT2D eigenvalue weighted by Gasteiger charge is 2.16. The minimum absolute atomic E-state index is 0.101. The minimum Gasteiger partial charge on any atom is -0.477 e. The van der Waals surface area contributed by atoms with Crippen molar-refractivity contribution in [2.45, 2.75) is 20.3 Å². The zero-order valence-electron chi connectivity index (χ0n) is 10.9. The van der Waals surface area contributed by atoms with Gasteiger partial charge in [0.25, 0.3) is 0 Å². The second-order valence-corrected chi connectivity index (χ2v) is 4.22. The number of carboxylic acids is 1. The van der Waals surface area contributed by atoms with Gasteiger partial charge >= 0.3 is 5.97 Å². The second-order valence-electron chi connectivity index (χ2n) is 4.22. The topological polar surface area (TPSA) is 59.4 Å². The van der Waals surface area contributed by atoms with E-state index in [1.54, 1.807) is 25.3 Å². The predicted molar refractivity (Wildman–Crippen MR) is 71.8 cm³/mol. The molecule has 1 aromatic heterocycles. The van der Waals surface area contributed by atoms with Gasteiger partial charge in [0.1, 0.15) is 11.3 Å². The van der Waals surface area contributed by atoms with E-state index >= 15 is 0 Å². The fraction of sp³-hybridized carbons (Fsp3) is 0.200. The average molecular weight is 257 g/mol. The van der Waals surface area contributed by atoms with E-state index in [1.807, 2.05) is 25.1 Å². The minimum atomic E-state index is -1.03. The van der Waals surface area contributed by atoms with Gasteiger partial charge in [-0.15, -0.1) is 0 Å². The summed E-state index contributed by atoms with van der Waals surface area (Å²) in [6, 6.07) is 9.20. The Kier molecular flexibility index (Phi) is 3.80. The lowest BCUT2D eigenvalue weighted by molar-refractivity contribution is 0.0692. The van der Waals surface area contributed by atoms with Crippen LogP contribution in [0.15, 0.2) is 36.5 Å². The molecule has 2 rings (SSSR count). The van der Waals surface area contributed by atoms with Gasteiger partial charge in [-0.2, -0.15) is 0 Å². The van der Waals surface area contributed by atoms with E-state index in [0.29, 0.717) is 11.3 Å². The molecule has 98 valence electrons. The van der Waals surface area contributed by atoms with Crippen LogP contribution in [-0.2, 0) is 6.42 Å². The molecule has 0 saturated heterocycles. The number of carbonyl (C=O) groups is 1. The van der Waals surface area contributed by atoms with Gasteiger partial charge in [0, 0.05) is 6.20 Å². The molecule has 0 aliphatic rings. The van der Waals surface area contributed by atoms with Crippen LogP contribution < -0.4 is 4.74 Å². The molecule has 0 aliphatic heterocycles. The van der Waals surface area contributed by atoms with Crippen molar-refractivity contribution < 1.29 is 14.6 Å². The first kappa shape index (κ1) is 13.1. The third-order valence-corrected chi connectivity index (χ3v) is 2.86. The quantitative estimate of drug-likeness (QED) is 0.911. The van der Waals surface area contributed by atoms with Gasteiger partial charge in [-0.05, 0) is 42.7 Å². The van der Waals surface area contributed by atoms with Gasteiger partial charge < -0.3 is 9.84 Å². The maximum Gasteiger partial charge on any atom is 0.341 e. The van der Waals surface area contributed by atoms with Crippen LogP contribution >= 0.6 is 0 Å². The third-order valence-electron chi connectivity index (χ3n) is 2.86. The standard InChI is InChI=1S/C15H15NO3/c1-3-11-5-4-6-12(9-11)19-14-13(15(17)18)10(2)7-8-16-14/h4-9H,3H2,1-2H3,(H,17,18). The van der Waals surface area contributed by atoms with Crippen LogP contribution in [0.25, 0.3) is 0 Å². The summed E-state index contributed by atoms with van der Waals surface area (Å²) >= 11 is 0. The lowest BCUT2D eigenvalue weighted by Crippen LogP contribution is -2.04. The molecule has 1 N–H and O–H groups in total. The first-order chi connectivity index (χ1) is 9.11. The maximum absolute atomic E-state index is 11.2. The Morgan fingerprint density at radius 1 is 1.37 bits per heavy atom. The summed E-state index contributed by atoms with van der Waals surface area (Å²) in [4.78, 5) is 15.2. The van der Waals surface area contributed by atoms with E-state index in [2.05, 4.69) is 4.98 Å². The zero-order valence-corrected chi connectivity index (χ0v) is 10.9. The van der Waals surface area contributed by atoms with Crippen molar-refractivity contribution in [2.75, 3.05) is 0 Å². The summed E-state index contributed by atoms with van der Waals surface area (Å²) in [6.45, 7) is 3.77. The molecular weight excluding hydrogens is 242 g/mol. The van der Waals surface area contributed by atoms with Crippen LogP contribution in [0.1, 0.15) is 28.4 Å². The number of benzene rings is 1. The number of nitrogens with zero attached hydrogens (tertiary/aromatic N) is 1. The molecule has 0 fully saturated rings. The third kappa shape index (κ3) is 2.91. The van der Waals surface area contributed by atoms with E-state index in [4.69, 9.17) is 4.74 Å². The molecule has 1 aromatic carbocycles. The Bertz CT molecular complexity index is 608. The van der Waals surface area contributed by atoms with Crippen molar-refractivity contribution in [3.05, 3.63) is 53.2 Å². The van der Waals surface area contributed by atoms with Crippen LogP contribution in [0.4, 0.5) is 0 Å². The van der Waals surface area contributed by atoms with E-state index in [0.717, 1.165) is 12.0 Å². The predicted octanol–water partition coefficient (Wildman–Crippen LogP) is 3.44. The van der Waals surface area contributed by atoms with E-state index < -0.39 is 5.97 Å². The van der Waals surface area contributed by atoms with Gasteiger partial charge in [-0.25, -0.2) is 9.78 Å². The monoisotopic (exact) mass is 257 g/mol. The second kappa shape index (κ2) is 5.52. The molecule has 0 bridgehead atoms. The fourth-order valence-corrected chi connectivity index (χ4v) is 1.81. The zero-order chi connectivity index (χ0) is 13.8. The number of aromatic carboxylic acids is 1. The highest BCUT2D eigenvalue weighted by atomic mass is 16.5. The molecule has 1 heterocycles. The molecule has 0 aliphatic carbocycles. The van der Waals surface area contributed by atoms with Crippen molar-refractivity contribution >= 4 is 5.97 Å². The Labute approximate surface area is 111 Å². The van der Waals surface area contributed by atoms with Gasteiger partial charge in [0.05, 0.1) is 0 Å². The largest absolute Gasteiger partial charge is 0.477 e. The van der Waals surface area contributed by atoms with E-state index in [1.165, 1.54) is 0 Å². The average Bonchev–Trinajstić information content (AvgIpc) is 2.38. The number of ether oxygens (including phenoxy) is 1. The Balaban J connectivity index is 2.38. The highest BCUT2D eigenvalue weighted by molar-refractivity contribution is 5.91. The fourth-order valence-electron chi connectivity index (χ4n) is 1.81. The van der Waals surface area contributed by atoms with Gasteiger partial charge in [0.15, 0.2) is 0 Å². The number of carboxylic acid groups (broad SMARTS) is 1. The first-order valence-corrected chi connectivity index (χ1v) is 6.07. The molecule has 19 heavy (non-hydrogen) atoms. The molecule has 0 saturated carbocycles. The Morgan fingerprint density at radius 2 is 2.16 bits per heavy atom. The summed E-state index contributed by atoms with van der Waals surface area (Å²) < 4.78 is 5.60. The molecule has 4 nitrogen and oxygen atoms in total. The molecule has 0 radical (unpaired) electrons. The number of aromatic nitrogens is 1. The van der Waals surface area contributed by atoms with Crippen molar-refractivity contribution in [3.8, 4) is 11.6 Å². The van der Waals surface area contributed by atoms with Crippen LogP contribution in [0, 0.1) is 6.92 Å². The van der Waals surface area contributed by atoms with Crippen LogP contribution in [0.5, 0.6) is 11.6 Å². The Hall–Kier alpha value is -2.36. The number of hydrogen-bond donors (Lipinski definition) is 1. The highest BCUT2D eigenvalue weighted by Crippen LogP contribution is 2.25. The lowest BCUT2D eigenvalue weighted by Gasteiger charge is -2.10. The van der Waals surface area contributed by atoms with Crippen LogP contribution in [-0.4, -0.2) is 16.1 Å². The summed E-state index contributed by atoms with van der Waals surface area (Å²) in [5.41, 5.74) is 1.86. The van der Waals surface area contributed by atoms with Gasteiger partial charge in [-0.3, -0.25) is 0 Å². The molecule has 0 unspecified atom stereocenters. The summed E-state index contributed by atoms with van der Waals surface area (Å²) in [5.74, 6) is -0.312. The summed E-state index contributed by atoms with van der Waals surface area (Å²) in [6.07, 6.45) is 2.44. The number of rotatable bonds is 4. The summed E-state index contributed by atoms with van der Waals surface area (Å²) in [7, 11) is 0. The van der Waals surface area contributed by atoms with Crippen molar-refractivity contribution in [1.82, 2.24) is 4.98 Å². The molecular formula is C15H15NO3. The first-order valence-electron chi connectivity index (χ1n) is 6.07. The SMILES string of the molecule is CCc1cccc(Oc2nccc(C)c2C(=O)O)c1. The van der Waals surface area contributed by atoms with Crippen LogP contribution in [0.2, 0.25) is 0 Å². The van der Waals surface area contributed by atoms with Gasteiger partial charge in [-0.1, -0.05) is 19.1 Å². The van der Waals surface area contributed by atoms with Gasteiger partial charge in [0.2, 0.25) is 5.88 Å². The number of hydrogen-bond acceptors (Lipinski definition) is 3.